The Kier molecular flexibility index (Phi) is 6.26. The van der Waals surface area contributed by atoms with Gasteiger partial charge >= 0.3 is 0 Å². The molecule has 154 valence electrons. The number of aryl methyl sites for hydroxylation is 1. The molecule has 8 nitrogen and oxygen atoms in total. The van der Waals surface area contributed by atoms with Crippen LogP contribution in [0, 0.1) is 5.92 Å². The highest BCUT2D eigenvalue weighted by Crippen LogP contribution is 2.27. The van der Waals surface area contributed by atoms with Gasteiger partial charge in [0.2, 0.25) is 0 Å². The summed E-state index contributed by atoms with van der Waals surface area (Å²) in [5.41, 5.74) is 0.681. The van der Waals surface area contributed by atoms with E-state index in [2.05, 4.69) is 31.0 Å². The van der Waals surface area contributed by atoms with E-state index < -0.39 is 19.7 Å². The molecular weight excluding hydrogens is 468 g/mol. The van der Waals surface area contributed by atoms with Crippen LogP contribution in [0.5, 0.6) is 0 Å². The van der Waals surface area contributed by atoms with Crippen LogP contribution >= 0.6 is 15.9 Å². The maximum atomic E-state index is 12.3. The fraction of sp³-hybridized carbons (Fsp3) is 0.588. The lowest BCUT2D eigenvalue weighted by atomic mass is 10.2. The van der Waals surface area contributed by atoms with E-state index in [1.54, 1.807) is 17.1 Å². The summed E-state index contributed by atoms with van der Waals surface area (Å²) in [6.07, 6.45) is 3.91. The Labute approximate surface area is 173 Å². The SMILES string of the molecule is CC(C)CS(=O)(=O)CCc1nc(-c2cncc(Br)c2)nn1C1CCS(=O)(=O)C1. The van der Waals surface area contributed by atoms with Gasteiger partial charge in [0.1, 0.15) is 5.82 Å². The minimum atomic E-state index is -3.22. The third kappa shape index (κ3) is 5.38. The maximum absolute atomic E-state index is 12.3. The molecule has 2 aromatic heterocycles. The summed E-state index contributed by atoms with van der Waals surface area (Å²) in [5, 5.41) is 4.52. The van der Waals surface area contributed by atoms with E-state index in [0.717, 1.165) is 4.47 Å². The number of hydrogen-bond donors (Lipinski definition) is 0. The van der Waals surface area contributed by atoms with Crippen LogP contribution < -0.4 is 0 Å². The zero-order chi connectivity index (χ0) is 20.5. The van der Waals surface area contributed by atoms with E-state index in [1.165, 1.54) is 0 Å². The lowest BCUT2D eigenvalue weighted by Gasteiger charge is -2.12. The van der Waals surface area contributed by atoms with E-state index in [0.29, 0.717) is 23.6 Å². The molecule has 1 aliphatic heterocycles. The zero-order valence-electron chi connectivity index (χ0n) is 15.7. The highest BCUT2D eigenvalue weighted by molar-refractivity contribution is 9.10. The molecule has 0 saturated carbocycles. The molecule has 0 bridgehead atoms. The molecule has 0 radical (unpaired) electrons. The first-order valence-electron chi connectivity index (χ1n) is 9.02. The zero-order valence-corrected chi connectivity index (χ0v) is 19.0. The van der Waals surface area contributed by atoms with Crippen LogP contribution in [0.15, 0.2) is 22.9 Å². The quantitative estimate of drug-likeness (QED) is 0.583. The van der Waals surface area contributed by atoms with Crippen LogP contribution in [0.4, 0.5) is 0 Å². The van der Waals surface area contributed by atoms with Crippen molar-refractivity contribution in [2.75, 3.05) is 23.0 Å². The Morgan fingerprint density at radius 3 is 2.68 bits per heavy atom. The van der Waals surface area contributed by atoms with E-state index in [-0.39, 0.29) is 41.4 Å². The standard InChI is InChI=1S/C17H23BrN4O4S2/c1-12(2)10-27(23,24)6-4-16-20-17(13-7-14(18)9-19-8-13)21-22(16)15-3-5-28(25,26)11-15/h7-9,12,15H,3-6,10-11H2,1-2H3. The fourth-order valence-corrected chi connectivity index (χ4v) is 7.01. The molecule has 1 unspecified atom stereocenters. The highest BCUT2D eigenvalue weighted by atomic mass is 79.9. The predicted octanol–water partition coefficient (Wildman–Crippen LogP) is 2.08. The van der Waals surface area contributed by atoms with Crippen LogP contribution in [0.1, 0.15) is 32.1 Å². The van der Waals surface area contributed by atoms with E-state index in [9.17, 15) is 16.8 Å². The van der Waals surface area contributed by atoms with Crippen LogP contribution in [0.2, 0.25) is 0 Å². The molecule has 0 spiro atoms. The number of sulfone groups is 2. The van der Waals surface area contributed by atoms with Gasteiger partial charge in [0.05, 0.1) is 29.1 Å². The Bertz CT molecular complexity index is 1060. The van der Waals surface area contributed by atoms with Gasteiger partial charge in [0.15, 0.2) is 25.5 Å². The average Bonchev–Trinajstić information content (AvgIpc) is 3.15. The molecule has 1 saturated heterocycles. The lowest BCUT2D eigenvalue weighted by Crippen LogP contribution is -2.20. The Morgan fingerprint density at radius 1 is 1.32 bits per heavy atom. The third-order valence-electron chi connectivity index (χ3n) is 4.44. The van der Waals surface area contributed by atoms with Crippen molar-refractivity contribution in [3.63, 3.8) is 0 Å². The lowest BCUT2D eigenvalue weighted by molar-refractivity contribution is 0.479. The number of halogens is 1. The van der Waals surface area contributed by atoms with Crippen molar-refractivity contribution in [1.29, 1.82) is 0 Å². The largest absolute Gasteiger partial charge is 0.263 e. The molecular formula is C17H23BrN4O4S2. The van der Waals surface area contributed by atoms with Crippen molar-refractivity contribution in [3.8, 4) is 11.4 Å². The number of rotatable bonds is 7. The van der Waals surface area contributed by atoms with Gasteiger partial charge in [0.25, 0.3) is 0 Å². The van der Waals surface area contributed by atoms with E-state index >= 15 is 0 Å². The topological polar surface area (TPSA) is 112 Å². The van der Waals surface area contributed by atoms with Crippen LogP contribution in [0.3, 0.4) is 0 Å². The van der Waals surface area contributed by atoms with Crippen LogP contribution in [-0.4, -0.2) is 59.6 Å². The Hall–Kier alpha value is -1.33. The molecule has 0 amide bonds. The Balaban J connectivity index is 1.92. The second-order valence-electron chi connectivity index (χ2n) is 7.50. The van der Waals surface area contributed by atoms with Gasteiger partial charge in [-0.15, -0.1) is 0 Å². The minimum absolute atomic E-state index is 0.00171. The van der Waals surface area contributed by atoms with E-state index in [1.807, 2.05) is 19.9 Å². The molecule has 28 heavy (non-hydrogen) atoms. The number of hydrogen-bond acceptors (Lipinski definition) is 7. The monoisotopic (exact) mass is 490 g/mol. The summed E-state index contributed by atoms with van der Waals surface area (Å²) in [5.74, 6) is 1.13. The minimum Gasteiger partial charge on any atom is -0.263 e. The van der Waals surface area contributed by atoms with Crippen molar-refractivity contribution in [2.45, 2.75) is 32.7 Å². The summed E-state index contributed by atoms with van der Waals surface area (Å²) in [7, 11) is -6.33. The van der Waals surface area contributed by atoms with Crippen molar-refractivity contribution in [3.05, 3.63) is 28.8 Å². The molecule has 3 rings (SSSR count). The summed E-state index contributed by atoms with van der Waals surface area (Å²) < 4.78 is 50.8. The number of aromatic nitrogens is 4. The summed E-state index contributed by atoms with van der Waals surface area (Å²) in [4.78, 5) is 8.64. The highest BCUT2D eigenvalue weighted by Gasteiger charge is 2.32. The predicted molar refractivity (Wildman–Crippen MR) is 110 cm³/mol. The first kappa shape index (κ1) is 21.4. The van der Waals surface area contributed by atoms with Gasteiger partial charge in [-0.25, -0.2) is 26.5 Å². The smallest absolute Gasteiger partial charge is 0.182 e. The summed E-state index contributed by atoms with van der Waals surface area (Å²) >= 11 is 3.36. The van der Waals surface area contributed by atoms with Crippen molar-refractivity contribution < 1.29 is 16.8 Å². The van der Waals surface area contributed by atoms with Gasteiger partial charge in [-0.3, -0.25) is 4.98 Å². The third-order valence-corrected chi connectivity index (χ3v) is 8.63. The first-order chi connectivity index (χ1) is 13.0. The van der Waals surface area contributed by atoms with Crippen molar-refractivity contribution in [1.82, 2.24) is 19.7 Å². The molecule has 0 aromatic carbocycles. The van der Waals surface area contributed by atoms with Gasteiger partial charge in [-0.1, -0.05) is 13.8 Å². The molecule has 1 atom stereocenters. The van der Waals surface area contributed by atoms with Crippen molar-refractivity contribution in [2.24, 2.45) is 5.92 Å². The molecule has 2 aromatic rings. The first-order valence-corrected chi connectivity index (χ1v) is 13.5. The molecule has 1 aliphatic rings. The van der Waals surface area contributed by atoms with Crippen molar-refractivity contribution >= 4 is 35.6 Å². The summed E-state index contributed by atoms with van der Waals surface area (Å²) in [6.45, 7) is 3.73. The van der Waals surface area contributed by atoms with Gasteiger partial charge < -0.3 is 0 Å². The maximum Gasteiger partial charge on any atom is 0.182 e. The molecule has 0 aliphatic carbocycles. The van der Waals surface area contributed by atoms with Crippen LogP contribution in [0.25, 0.3) is 11.4 Å². The molecule has 3 heterocycles. The van der Waals surface area contributed by atoms with Gasteiger partial charge in [-0.05, 0) is 34.3 Å². The van der Waals surface area contributed by atoms with Crippen LogP contribution in [-0.2, 0) is 26.1 Å². The second kappa shape index (κ2) is 8.19. The molecule has 1 fully saturated rings. The molecule has 0 N–H and O–H groups in total. The van der Waals surface area contributed by atoms with Gasteiger partial charge in [-0.2, -0.15) is 5.10 Å². The van der Waals surface area contributed by atoms with Gasteiger partial charge in [0, 0.05) is 28.9 Å². The Morgan fingerprint density at radius 2 is 2.07 bits per heavy atom. The number of pyridine rings is 1. The van der Waals surface area contributed by atoms with E-state index in [4.69, 9.17) is 0 Å². The molecule has 11 heteroatoms. The summed E-state index contributed by atoms with van der Waals surface area (Å²) in [6, 6.07) is 1.49. The normalized spacial score (nSPS) is 19.4. The average molecular weight is 491 g/mol. The second-order valence-corrected chi connectivity index (χ2v) is 12.9. The number of nitrogens with zero attached hydrogens (tertiary/aromatic N) is 4. The fourth-order valence-electron chi connectivity index (χ4n) is 3.28.